The summed E-state index contributed by atoms with van der Waals surface area (Å²) < 4.78 is 26.2. The molecule has 7 heteroatoms. The van der Waals surface area contributed by atoms with Crippen molar-refractivity contribution in [3.8, 4) is 0 Å². The highest BCUT2D eigenvalue weighted by Crippen LogP contribution is 2.22. The van der Waals surface area contributed by atoms with Crippen LogP contribution in [0.15, 0.2) is 15.7 Å². The van der Waals surface area contributed by atoms with E-state index in [1.54, 1.807) is 0 Å². The molecule has 1 heterocycles. The van der Waals surface area contributed by atoms with Crippen LogP contribution in [0.25, 0.3) is 11.0 Å². The number of hydrogen-bond acceptors (Lipinski definition) is 2. The fourth-order valence-electron chi connectivity index (χ4n) is 1.17. The quantitative estimate of drug-likeness (QED) is 0.529. The Morgan fingerprint density at radius 2 is 1.67 bits per heavy atom. The Kier molecular flexibility index (Phi) is 2.08. The minimum absolute atomic E-state index is 0.0662. The molecule has 0 fully saturated rings. The van der Waals surface area contributed by atoms with Crippen molar-refractivity contribution in [2.24, 2.45) is 0 Å². The molecule has 0 unspecified atom stereocenters. The number of fused-ring (bicyclic) bond motifs is 1. The molecule has 0 aliphatic carbocycles. The summed E-state index contributed by atoms with van der Waals surface area (Å²) >= 11 is 5.36. The number of aromatic nitrogens is 2. The van der Waals surface area contributed by atoms with Gasteiger partial charge >= 0.3 is 11.1 Å². The molecule has 0 radical (unpaired) electrons. The lowest BCUT2D eigenvalue weighted by atomic mass is 10.3. The van der Waals surface area contributed by atoms with E-state index >= 15 is 0 Å². The maximum atomic E-state index is 13.2. The molecule has 0 aliphatic heterocycles. The lowest BCUT2D eigenvalue weighted by Crippen LogP contribution is -2.29. The number of benzene rings is 1. The normalized spacial score (nSPS) is 10.9. The second-order valence-electron chi connectivity index (χ2n) is 2.82. The SMILES string of the molecule is O=c1[nH]c2cc(Cl)c(F)c(F)c2[nH]c1=O. The Hall–Kier alpha value is -1.69. The van der Waals surface area contributed by atoms with E-state index in [1.165, 1.54) is 0 Å². The Labute approximate surface area is 85.5 Å². The average Bonchev–Trinajstić information content (AvgIpc) is 2.19. The predicted octanol–water partition coefficient (Wildman–Crippen LogP) is 1.15. The first-order valence-electron chi connectivity index (χ1n) is 3.80. The summed E-state index contributed by atoms with van der Waals surface area (Å²) in [7, 11) is 0. The van der Waals surface area contributed by atoms with Crippen molar-refractivity contribution in [2.75, 3.05) is 0 Å². The van der Waals surface area contributed by atoms with Crippen molar-refractivity contribution < 1.29 is 8.78 Å². The highest BCUT2D eigenvalue weighted by atomic mass is 35.5. The minimum atomic E-state index is -1.30. The van der Waals surface area contributed by atoms with E-state index in [4.69, 9.17) is 11.6 Å². The van der Waals surface area contributed by atoms with Gasteiger partial charge in [-0.25, -0.2) is 8.78 Å². The van der Waals surface area contributed by atoms with Crippen molar-refractivity contribution in [1.82, 2.24) is 9.97 Å². The van der Waals surface area contributed by atoms with Crippen LogP contribution in [0, 0.1) is 11.6 Å². The van der Waals surface area contributed by atoms with E-state index in [-0.39, 0.29) is 5.52 Å². The van der Waals surface area contributed by atoms with Gasteiger partial charge in [-0.2, -0.15) is 0 Å². The van der Waals surface area contributed by atoms with Gasteiger partial charge in [0.25, 0.3) is 0 Å². The molecule has 1 aromatic carbocycles. The smallest absolute Gasteiger partial charge is 0.314 e. The number of H-pyrrole nitrogens is 2. The summed E-state index contributed by atoms with van der Waals surface area (Å²) in [4.78, 5) is 25.7. The van der Waals surface area contributed by atoms with E-state index in [0.717, 1.165) is 6.07 Å². The van der Waals surface area contributed by atoms with E-state index in [1.807, 2.05) is 4.98 Å². The second-order valence-corrected chi connectivity index (χ2v) is 3.22. The fraction of sp³-hybridized carbons (Fsp3) is 0. The van der Waals surface area contributed by atoms with Crippen LogP contribution in [-0.4, -0.2) is 9.97 Å². The number of aromatic amines is 2. The van der Waals surface area contributed by atoms with E-state index < -0.39 is 33.3 Å². The molecule has 0 aliphatic rings. The molecular weight excluding hydrogens is 230 g/mol. The second kappa shape index (κ2) is 3.16. The Morgan fingerprint density at radius 1 is 1.07 bits per heavy atom. The first-order valence-corrected chi connectivity index (χ1v) is 4.18. The van der Waals surface area contributed by atoms with Gasteiger partial charge in [0.05, 0.1) is 10.5 Å². The lowest BCUT2D eigenvalue weighted by molar-refractivity contribution is 0.515. The van der Waals surface area contributed by atoms with E-state index in [2.05, 4.69) is 4.98 Å². The molecule has 0 amide bonds. The van der Waals surface area contributed by atoms with Crippen molar-refractivity contribution in [1.29, 1.82) is 0 Å². The molecule has 0 spiro atoms. The van der Waals surface area contributed by atoms with Crippen LogP contribution < -0.4 is 11.1 Å². The third-order valence-electron chi connectivity index (χ3n) is 1.86. The third-order valence-corrected chi connectivity index (χ3v) is 2.13. The van der Waals surface area contributed by atoms with Gasteiger partial charge in [-0.1, -0.05) is 11.6 Å². The van der Waals surface area contributed by atoms with Gasteiger partial charge in [-0.15, -0.1) is 0 Å². The van der Waals surface area contributed by atoms with E-state index in [9.17, 15) is 18.4 Å². The standard InChI is InChI=1S/C8H3ClF2N2O2/c9-2-1-3-6(5(11)4(2)10)13-8(15)7(14)12-3/h1H,(H,12,14)(H,13,15). The summed E-state index contributed by atoms with van der Waals surface area (Å²) in [5.41, 5.74) is -2.49. The number of nitrogens with one attached hydrogen (secondary N) is 2. The molecule has 4 nitrogen and oxygen atoms in total. The van der Waals surface area contributed by atoms with Crippen LogP contribution in [0.4, 0.5) is 8.78 Å². The zero-order valence-corrected chi connectivity index (χ0v) is 7.78. The van der Waals surface area contributed by atoms with Crippen LogP contribution in [0.3, 0.4) is 0 Å². The van der Waals surface area contributed by atoms with Crippen LogP contribution in [0.2, 0.25) is 5.02 Å². The van der Waals surface area contributed by atoms with Gasteiger partial charge in [0.15, 0.2) is 11.6 Å². The van der Waals surface area contributed by atoms with Gasteiger partial charge in [0.2, 0.25) is 0 Å². The highest BCUT2D eigenvalue weighted by Gasteiger charge is 2.13. The van der Waals surface area contributed by atoms with Gasteiger partial charge in [0, 0.05) is 0 Å². The molecule has 2 aromatic rings. The Bertz CT molecular complexity index is 662. The average molecular weight is 233 g/mol. The summed E-state index contributed by atoms with van der Waals surface area (Å²) in [6.07, 6.45) is 0. The van der Waals surface area contributed by atoms with Gasteiger partial charge in [-0.05, 0) is 6.07 Å². The first kappa shape index (κ1) is 9.85. The predicted molar refractivity (Wildman–Crippen MR) is 50.1 cm³/mol. The molecule has 15 heavy (non-hydrogen) atoms. The molecule has 0 saturated carbocycles. The molecule has 78 valence electrons. The summed E-state index contributed by atoms with van der Waals surface area (Å²) in [6, 6.07) is 1.02. The molecule has 0 atom stereocenters. The monoisotopic (exact) mass is 232 g/mol. The summed E-state index contributed by atoms with van der Waals surface area (Å²) in [6.45, 7) is 0. The first-order chi connectivity index (χ1) is 7.00. The molecule has 1 aromatic heterocycles. The summed E-state index contributed by atoms with van der Waals surface area (Å²) in [5, 5.41) is -0.470. The molecule has 0 saturated heterocycles. The maximum Gasteiger partial charge on any atom is 0.314 e. The van der Waals surface area contributed by atoms with Gasteiger partial charge in [0.1, 0.15) is 5.52 Å². The van der Waals surface area contributed by atoms with Crippen molar-refractivity contribution in [3.05, 3.63) is 43.4 Å². The van der Waals surface area contributed by atoms with Crippen LogP contribution in [0.5, 0.6) is 0 Å². The van der Waals surface area contributed by atoms with E-state index in [0.29, 0.717) is 0 Å². The van der Waals surface area contributed by atoms with Gasteiger partial charge in [-0.3, -0.25) is 9.59 Å². The zero-order valence-electron chi connectivity index (χ0n) is 7.03. The Balaban J connectivity index is 3.06. The van der Waals surface area contributed by atoms with Crippen molar-refractivity contribution in [2.45, 2.75) is 0 Å². The zero-order chi connectivity index (χ0) is 11.2. The number of halogens is 3. The lowest BCUT2D eigenvalue weighted by Gasteiger charge is -2.01. The molecule has 0 bridgehead atoms. The third kappa shape index (κ3) is 1.42. The van der Waals surface area contributed by atoms with Crippen molar-refractivity contribution >= 4 is 22.6 Å². The van der Waals surface area contributed by atoms with Crippen LogP contribution >= 0.6 is 11.6 Å². The van der Waals surface area contributed by atoms with Crippen LogP contribution in [-0.2, 0) is 0 Å². The highest BCUT2D eigenvalue weighted by molar-refractivity contribution is 6.31. The fourth-order valence-corrected chi connectivity index (χ4v) is 1.36. The van der Waals surface area contributed by atoms with Crippen molar-refractivity contribution in [3.63, 3.8) is 0 Å². The summed E-state index contributed by atoms with van der Waals surface area (Å²) in [5.74, 6) is -2.57. The number of rotatable bonds is 0. The Morgan fingerprint density at radius 3 is 2.33 bits per heavy atom. The van der Waals surface area contributed by atoms with Crippen LogP contribution in [0.1, 0.15) is 0 Å². The maximum absolute atomic E-state index is 13.2. The minimum Gasteiger partial charge on any atom is -0.316 e. The molecule has 2 N–H and O–H groups in total. The molecule has 2 rings (SSSR count). The molecular formula is C8H3ClF2N2O2. The van der Waals surface area contributed by atoms with Gasteiger partial charge < -0.3 is 9.97 Å². The number of hydrogen-bond donors (Lipinski definition) is 2. The largest absolute Gasteiger partial charge is 0.316 e. The topological polar surface area (TPSA) is 65.7 Å².